The van der Waals surface area contributed by atoms with Gasteiger partial charge in [-0.2, -0.15) is 18.3 Å². The molecule has 0 bridgehead atoms. The Morgan fingerprint density at radius 2 is 2.04 bits per heavy atom. The van der Waals surface area contributed by atoms with Gasteiger partial charge in [-0.05, 0) is 46.6 Å². The van der Waals surface area contributed by atoms with E-state index >= 15 is 0 Å². The zero-order valence-corrected chi connectivity index (χ0v) is 16.7. The average molecular weight is 463 g/mol. The second-order valence-electron chi connectivity index (χ2n) is 6.81. The van der Waals surface area contributed by atoms with Gasteiger partial charge < -0.3 is 10.2 Å². The minimum Gasteiger partial charge on any atom is -0.362 e. The first-order valence-electron chi connectivity index (χ1n) is 8.80. The summed E-state index contributed by atoms with van der Waals surface area (Å²) in [4.78, 5) is 15.3. The van der Waals surface area contributed by atoms with E-state index in [1.165, 1.54) is 11.3 Å². The Bertz CT molecular complexity index is 830. The van der Waals surface area contributed by atoms with Crippen LogP contribution in [0.4, 0.5) is 19.0 Å². The molecule has 2 aromatic heterocycles. The van der Waals surface area contributed by atoms with E-state index < -0.39 is 18.3 Å². The van der Waals surface area contributed by atoms with Gasteiger partial charge in [0, 0.05) is 24.4 Å². The number of halogens is 4. The Hall–Kier alpha value is -1.55. The minimum absolute atomic E-state index is 0.0421. The quantitative estimate of drug-likeness (QED) is 0.683. The van der Waals surface area contributed by atoms with Crippen LogP contribution in [-0.2, 0) is 0 Å². The minimum atomic E-state index is -4.46. The number of aromatic nitrogens is 2. The molecule has 0 spiro atoms. The van der Waals surface area contributed by atoms with Crippen LogP contribution in [0.25, 0.3) is 0 Å². The first-order valence-corrected chi connectivity index (χ1v) is 10.5. The third kappa shape index (κ3) is 3.49. The molecule has 5 nitrogen and oxygen atoms in total. The van der Waals surface area contributed by atoms with E-state index in [-0.39, 0.29) is 23.8 Å². The second-order valence-corrected chi connectivity index (χ2v) is 8.59. The van der Waals surface area contributed by atoms with Crippen LogP contribution in [0, 0.1) is 0 Å². The van der Waals surface area contributed by atoms with Crippen molar-refractivity contribution in [2.75, 3.05) is 18.4 Å². The number of hydrogen-bond acceptors (Lipinski definition) is 4. The summed E-state index contributed by atoms with van der Waals surface area (Å²) in [6.07, 6.45) is -1.75. The third-order valence-electron chi connectivity index (χ3n) is 5.03. The van der Waals surface area contributed by atoms with Crippen molar-refractivity contribution in [3.8, 4) is 0 Å². The van der Waals surface area contributed by atoms with E-state index in [1.807, 2.05) is 17.5 Å². The summed E-state index contributed by atoms with van der Waals surface area (Å²) in [5, 5.41) is 9.07. The van der Waals surface area contributed by atoms with Gasteiger partial charge in [0.15, 0.2) is 11.7 Å². The standard InChI is InChI=1S/C17H18BrF3N4OS/c18-13-14(16(26)24-6-2-1-3-7-24)23-25-12(17(19,20)21)9-10(22-15(13)25)11-5-4-8-27-11/h4-5,8,10,12,22H,1-3,6-7,9H2/t10-,12-/m1/s1. The molecule has 4 rings (SSSR count). The molecule has 0 aliphatic carbocycles. The number of carbonyl (C=O) groups is 1. The van der Waals surface area contributed by atoms with Gasteiger partial charge in [-0.1, -0.05) is 6.07 Å². The number of fused-ring (bicyclic) bond motifs is 1. The highest BCUT2D eigenvalue weighted by Gasteiger charge is 2.48. The highest BCUT2D eigenvalue weighted by Crippen LogP contribution is 2.47. The fourth-order valence-electron chi connectivity index (χ4n) is 3.65. The smallest absolute Gasteiger partial charge is 0.362 e. The molecule has 1 amide bonds. The molecule has 146 valence electrons. The zero-order valence-electron chi connectivity index (χ0n) is 14.3. The number of likely N-dealkylation sites (tertiary alicyclic amines) is 1. The van der Waals surface area contributed by atoms with Gasteiger partial charge in [0.2, 0.25) is 0 Å². The predicted octanol–water partition coefficient (Wildman–Crippen LogP) is 4.99. The van der Waals surface area contributed by atoms with Crippen LogP contribution in [0.1, 0.15) is 53.1 Å². The Labute approximate surface area is 166 Å². The molecule has 10 heteroatoms. The van der Waals surface area contributed by atoms with E-state index in [0.717, 1.165) is 28.8 Å². The topological polar surface area (TPSA) is 50.2 Å². The van der Waals surface area contributed by atoms with Crippen LogP contribution < -0.4 is 5.32 Å². The Morgan fingerprint density at radius 3 is 2.67 bits per heavy atom. The number of rotatable bonds is 2. The summed E-state index contributed by atoms with van der Waals surface area (Å²) in [6.45, 7) is 1.23. The molecule has 2 atom stereocenters. The monoisotopic (exact) mass is 462 g/mol. The molecule has 1 fully saturated rings. The van der Waals surface area contributed by atoms with E-state index in [0.29, 0.717) is 17.6 Å². The SMILES string of the molecule is O=C(c1nn2c(c1Br)N[C@@H](c1cccs1)C[C@@H]2C(F)(F)F)N1CCCCC1. The Kier molecular flexibility index (Phi) is 4.96. The van der Waals surface area contributed by atoms with Crippen LogP contribution in [0.15, 0.2) is 22.0 Å². The van der Waals surface area contributed by atoms with Gasteiger partial charge in [-0.15, -0.1) is 11.3 Å². The first-order chi connectivity index (χ1) is 12.9. The maximum Gasteiger partial charge on any atom is 0.410 e. The van der Waals surface area contributed by atoms with Gasteiger partial charge >= 0.3 is 6.18 Å². The molecule has 0 saturated carbocycles. The molecule has 2 aromatic rings. The van der Waals surface area contributed by atoms with Gasteiger partial charge in [0.25, 0.3) is 5.91 Å². The van der Waals surface area contributed by atoms with Gasteiger partial charge in [-0.3, -0.25) is 4.79 Å². The van der Waals surface area contributed by atoms with E-state index in [9.17, 15) is 18.0 Å². The summed E-state index contributed by atoms with van der Waals surface area (Å²) in [6, 6.07) is 1.38. The van der Waals surface area contributed by atoms with Crippen LogP contribution >= 0.6 is 27.3 Å². The Balaban J connectivity index is 1.72. The summed E-state index contributed by atoms with van der Waals surface area (Å²) in [7, 11) is 0. The van der Waals surface area contributed by atoms with Crippen molar-refractivity contribution in [2.24, 2.45) is 0 Å². The molecular formula is C17H18BrF3N4OS. The van der Waals surface area contributed by atoms with Crippen LogP contribution in [-0.4, -0.2) is 39.9 Å². The molecule has 0 radical (unpaired) electrons. The number of amides is 1. The number of thiophene rings is 1. The summed E-state index contributed by atoms with van der Waals surface area (Å²) >= 11 is 4.74. The lowest BCUT2D eigenvalue weighted by atomic mass is 10.0. The largest absolute Gasteiger partial charge is 0.410 e. The maximum absolute atomic E-state index is 13.7. The van der Waals surface area contributed by atoms with E-state index in [2.05, 4.69) is 26.3 Å². The molecule has 2 aliphatic heterocycles. The van der Waals surface area contributed by atoms with Crippen molar-refractivity contribution in [1.29, 1.82) is 0 Å². The molecule has 0 aromatic carbocycles. The second kappa shape index (κ2) is 7.12. The first kappa shape index (κ1) is 18.8. The van der Waals surface area contributed by atoms with Crippen LogP contribution in [0.5, 0.6) is 0 Å². The van der Waals surface area contributed by atoms with E-state index in [1.54, 1.807) is 4.90 Å². The third-order valence-corrected chi connectivity index (χ3v) is 6.77. The zero-order chi connectivity index (χ0) is 19.2. The van der Waals surface area contributed by atoms with Crippen molar-refractivity contribution in [3.05, 3.63) is 32.6 Å². The van der Waals surface area contributed by atoms with Crippen molar-refractivity contribution in [3.63, 3.8) is 0 Å². The summed E-state index contributed by atoms with van der Waals surface area (Å²) in [5.74, 6) is -0.110. The number of piperidine rings is 1. The molecule has 1 N–H and O–H groups in total. The molecule has 4 heterocycles. The number of nitrogens with zero attached hydrogens (tertiary/aromatic N) is 3. The lowest BCUT2D eigenvalue weighted by molar-refractivity contribution is -0.173. The number of nitrogens with one attached hydrogen (secondary N) is 1. The number of alkyl halides is 3. The highest BCUT2D eigenvalue weighted by atomic mass is 79.9. The molecular weight excluding hydrogens is 445 g/mol. The summed E-state index contributed by atoms with van der Waals surface area (Å²) < 4.78 is 42.4. The molecule has 27 heavy (non-hydrogen) atoms. The predicted molar refractivity (Wildman–Crippen MR) is 100 cm³/mol. The maximum atomic E-state index is 13.7. The normalized spacial score (nSPS) is 23.0. The van der Waals surface area contributed by atoms with Gasteiger partial charge in [0.1, 0.15) is 5.82 Å². The average Bonchev–Trinajstić information content (AvgIpc) is 3.29. The number of carbonyl (C=O) groups excluding carboxylic acids is 1. The number of anilines is 1. The van der Waals surface area contributed by atoms with Crippen molar-refractivity contribution in [2.45, 2.75) is 43.9 Å². The van der Waals surface area contributed by atoms with Crippen LogP contribution in [0.3, 0.4) is 0 Å². The fraction of sp³-hybridized carbons (Fsp3) is 0.529. The van der Waals surface area contributed by atoms with E-state index in [4.69, 9.17) is 0 Å². The molecule has 2 aliphatic rings. The molecule has 1 saturated heterocycles. The summed E-state index contributed by atoms with van der Waals surface area (Å²) in [5.41, 5.74) is 0.0421. The highest BCUT2D eigenvalue weighted by molar-refractivity contribution is 9.10. The van der Waals surface area contributed by atoms with Crippen molar-refractivity contribution in [1.82, 2.24) is 14.7 Å². The van der Waals surface area contributed by atoms with Crippen LogP contribution in [0.2, 0.25) is 0 Å². The van der Waals surface area contributed by atoms with Gasteiger partial charge in [0.05, 0.1) is 10.5 Å². The fourth-order valence-corrected chi connectivity index (χ4v) is 4.98. The number of hydrogen-bond donors (Lipinski definition) is 1. The van der Waals surface area contributed by atoms with Crippen molar-refractivity contribution >= 4 is 39.0 Å². The molecule has 0 unspecified atom stereocenters. The van der Waals surface area contributed by atoms with Gasteiger partial charge in [-0.25, -0.2) is 4.68 Å². The van der Waals surface area contributed by atoms with Crippen molar-refractivity contribution < 1.29 is 18.0 Å². The Morgan fingerprint density at radius 1 is 1.30 bits per heavy atom. The lowest BCUT2D eigenvalue weighted by Gasteiger charge is -2.33. The lowest BCUT2D eigenvalue weighted by Crippen LogP contribution is -2.37.